The molecular formula is C12H18N2O3S. The van der Waals surface area contributed by atoms with Crippen LogP contribution in [0.3, 0.4) is 0 Å². The average molecular weight is 270 g/mol. The monoisotopic (exact) mass is 270 g/mol. The number of carbonyl (C=O) groups is 1. The van der Waals surface area contributed by atoms with Crippen LogP contribution in [0.4, 0.5) is 5.00 Å². The smallest absolute Gasteiger partial charge is 0.340 e. The average Bonchev–Trinajstić information content (AvgIpc) is 2.69. The second-order valence-corrected chi connectivity index (χ2v) is 5.83. The van der Waals surface area contributed by atoms with Gasteiger partial charge in [0.25, 0.3) is 0 Å². The van der Waals surface area contributed by atoms with Gasteiger partial charge in [0.15, 0.2) is 0 Å². The molecule has 1 aliphatic heterocycles. The van der Waals surface area contributed by atoms with Crippen molar-refractivity contribution < 1.29 is 14.6 Å². The highest BCUT2D eigenvalue weighted by Crippen LogP contribution is 2.32. The zero-order chi connectivity index (χ0) is 13.2. The van der Waals surface area contributed by atoms with Gasteiger partial charge in [-0.2, -0.15) is 4.37 Å². The Morgan fingerprint density at radius 2 is 2.22 bits per heavy atom. The van der Waals surface area contributed by atoms with Gasteiger partial charge in [0, 0.05) is 19.8 Å². The standard InChI is InChI=1S/C12H18N2O3S/c1-8-9(11(15)16)10(18-14-8)13-7-12(2)3-5-17-6-4-12/h13H,3-7H2,1-2H3,(H,15,16). The Labute approximate surface area is 110 Å². The van der Waals surface area contributed by atoms with E-state index in [4.69, 9.17) is 9.84 Å². The SMILES string of the molecule is Cc1nsc(NCC2(C)CCOCC2)c1C(=O)O. The highest BCUT2D eigenvalue weighted by molar-refractivity contribution is 7.10. The largest absolute Gasteiger partial charge is 0.478 e. The Bertz CT molecular complexity index is 439. The number of aromatic nitrogens is 1. The van der Waals surface area contributed by atoms with E-state index in [1.165, 1.54) is 11.5 Å². The lowest BCUT2D eigenvalue weighted by atomic mass is 9.82. The summed E-state index contributed by atoms with van der Waals surface area (Å²) >= 11 is 1.22. The van der Waals surface area contributed by atoms with Crippen molar-refractivity contribution >= 4 is 22.5 Å². The number of aryl methyl sites for hydroxylation is 1. The first-order chi connectivity index (χ1) is 8.52. The highest BCUT2D eigenvalue weighted by Gasteiger charge is 2.28. The summed E-state index contributed by atoms with van der Waals surface area (Å²) in [5.41, 5.74) is 1.05. The molecule has 2 N–H and O–H groups in total. The van der Waals surface area contributed by atoms with Gasteiger partial charge in [-0.15, -0.1) is 0 Å². The molecular weight excluding hydrogens is 252 g/mol. The molecule has 0 amide bonds. The van der Waals surface area contributed by atoms with Crippen molar-refractivity contribution in [1.82, 2.24) is 4.37 Å². The molecule has 6 heteroatoms. The fourth-order valence-corrected chi connectivity index (χ4v) is 2.86. The topological polar surface area (TPSA) is 71.5 Å². The maximum Gasteiger partial charge on any atom is 0.340 e. The van der Waals surface area contributed by atoms with Gasteiger partial charge < -0.3 is 15.2 Å². The number of aromatic carboxylic acids is 1. The zero-order valence-corrected chi connectivity index (χ0v) is 11.5. The number of hydrogen-bond donors (Lipinski definition) is 2. The van der Waals surface area contributed by atoms with Crippen molar-refractivity contribution in [3.63, 3.8) is 0 Å². The van der Waals surface area contributed by atoms with Crippen molar-refractivity contribution in [2.45, 2.75) is 26.7 Å². The van der Waals surface area contributed by atoms with Crippen molar-refractivity contribution in [2.24, 2.45) is 5.41 Å². The number of rotatable bonds is 4. The molecule has 0 aliphatic carbocycles. The molecule has 1 aromatic heterocycles. The van der Waals surface area contributed by atoms with Crippen LogP contribution in [-0.4, -0.2) is 35.2 Å². The predicted molar refractivity (Wildman–Crippen MR) is 70.5 cm³/mol. The summed E-state index contributed by atoms with van der Waals surface area (Å²) in [6.07, 6.45) is 2.00. The molecule has 0 unspecified atom stereocenters. The highest BCUT2D eigenvalue weighted by atomic mass is 32.1. The maximum absolute atomic E-state index is 11.1. The van der Waals surface area contributed by atoms with Crippen LogP contribution in [0, 0.1) is 12.3 Å². The fraction of sp³-hybridized carbons (Fsp3) is 0.667. The fourth-order valence-electron chi connectivity index (χ4n) is 2.08. The molecule has 0 spiro atoms. The van der Waals surface area contributed by atoms with Gasteiger partial charge in [-0.1, -0.05) is 6.92 Å². The molecule has 0 aromatic carbocycles. The third-order valence-electron chi connectivity index (χ3n) is 3.45. The quantitative estimate of drug-likeness (QED) is 0.879. The van der Waals surface area contributed by atoms with E-state index in [0.29, 0.717) is 16.3 Å². The van der Waals surface area contributed by atoms with Crippen LogP contribution in [-0.2, 0) is 4.74 Å². The molecule has 2 heterocycles. The van der Waals surface area contributed by atoms with Crippen LogP contribution in [0.1, 0.15) is 35.8 Å². The number of ether oxygens (including phenoxy) is 1. The van der Waals surface area contributed by atoms with E-state index in [0.717, 1.165) is 32.6 Å². The van der Waals surface area contributed by atoms with E-state index in [1.807, 2.05) is 0 Å². The van der Waals surface area contributed by atoms with Crippen LogP contribution in [0.2, 0.25) is 0 Å². The van der Waals surface area contributed by atoms with Crippen LogP contribution in [0.15, 0.2) is 0 Å². The summed E-state index contributed by atoms with van der Waals surface area (Å²) < 4.78 is 9.45. The molecule has 0 bridgehead atoms. The molecule has 18 heavy (non-hydrogen) atoms. The van der Waals surface area contributed by atoms with Crippen molar-refractivity contribution in [3.05, 3.63) is 11.3 Å². The van der Waals surface area contributed by atoms with E-state index < -0.39 is 5.97 Å². The Kier molecular flexibility index (Phi) is 3.87. The summed E-state index contributed by atoms with van der Waals surface area (Å²) in [6, 6.07) is 0. The summed E-state index contributed by atoms with van der Waals surface area (Å²) in [7, 11) is 0. The minimum absolute atomic E-state index is 0.173. The van der Waals surface area contributed by atoms with E-state index in [2.05, 4.69) is 16.6 Å². The molecule has 2 rings (SSSR count). The summed E-state index contributed by atoms with van der Waals surface area (Å²) in [5.74, 6) is -0.916. The minimum Gasteiger partial charge on any atom is -0.478 e. The van der Waals surface area contributed by atoms with Gasteiger partial charge in [0.05, 0.1) is 5.69 Å². The molecule has 0 saturated carbocycles. The van der Waals surface area contributed by atoms with Crippen LogP contribution < -0.4 is 5.32 Å². The Morgan fingerprint density at radius 3 is 2.83 bits per heavy atom. The normalized spacial score (nSPS) is 18.6. The molecule has 1 aromatic rings. The Hall–Kier alpha value is -1.14. The van der Waals surface area contributed by atoms with Gasteiger partial charge in [-0.25, -0.2) is 4.79 Å². The van der Waals surface area contributed by atoms with Gasteiger partial charge in [0.2, 0.25) is 0 Å². The number of nitrogens with zero attached hydrogens (tertiary/aromatic N) is 1. The third kappa shape index (κ3) is 2.81. The van der Waals surface area contributed by atoms with Gasteiger partial charge in [0.1, 0.15) is 10.6 Å². The first kappa shape index (κ1) is 13.3. The summed E-state index contributed by atoms with van der Waals surface area (Å²) in [5, 5.41) is 13.0. The molecule has 1 saturated heterocycles. The molecule has 100 valence electrons. The lowest BCUT2D eigenvalue weighted by Gasteiger charge is -2.33. The second-order valence-electron chi connectivity index (χ2n) is 5.05. The predicted octanol–water partition coefficient (Wildman–Crippen LogP) is 2.38. The first-order valence-electron chi connectivity index (χ1n) is 6.03. The number of hydrogen-bond acceptors (Lipinski definition) is 5. The lowest BCUT2D eigenvalue weighted by molar-refractivity contribution is 0.0300. The lowest BCUT2D eigenvalue weighted by Crippen LogP contribution is -2.33. The molecule has 0 atom stereocenters. The van der Waals surface area contributed by atoms with Gasteiger partial charge >= 0.3 is 5.97 Å². The van der Waals surface area contributed by atoms with E-state index in [-0.39, 0.29) is 5.41 Å². The summed E-state index contributed by atoms with van der Waals surface area (Å²) in [4.78, 5) is 11.1. The number of carboxylic acid groups (broad SMARTS) is 1. The van der Waals surface area contributed by atoms with Crippen molar-refractivity contribution in [1.29, 1.82) is 0 Å². The number of carboxylic acids is 1. The van der Waals surface area contributed by atoms with Gasteiger partial charge in [-0.3, -0.25) is 0 Å². The molecule has 5 nitrogen and oxygen atoms in total. The number of nitrogens with one attached hydrogen (secondary N) is 1. The number of anilines is 1. The molecule has 1 fully saturated rings. The van der Waals surface area contributed by atoms with Crippen LogP contribution in [0.25, 0.3) is 0 Å². The van der Waals surface area contributed by atoms with Crippen molar-refractivity contribution in [3.8, 4) is 0 Å². The van der Waals surface area contributed by atoms with Crippen molar-refractivity contribution in [2.75, 3.05) is 25.1 Å². The zero-order valence-electron chi connectivity index (χ0n) is 10.7. The second kappa shape index (κ2) is 5.24. The van der Waals surface area contributed by atoms with E-state index in [9.17, 15) is 4.79 Å². The van der Waals surface area contributed by atoms with E-state index in [1.54, 1.807) is 6.92 Å². The van der Waals surface area contributed by atoms with Crippen LogP contribution >= 0.6 is 11.5 Å². The molecule has 1 aliphatic rings. The maximum atomic E-state index is 11.1. The Morgan fingerprint density at radius 1 is 1.56 bits per heavy atom. The van der Waals surface area contributed by atoms with E-state index >= 15 is 0 Å². The van der Waals surface area contributed by atoms with Gasteiger partial charge in [-0.05, 0) is 36.7 Å². The minimum atomic E-state index is -0.916. The molecule has 0 radical (unpaired) electrons. The summed E-state index contributed by atoms with van der Waals surface area (Å²) in [6.45, 7) is 6.26. The first-order valence-corrected chi connectivity index (χ1v) is 6.80. The van der Waals surface area contributed by atoms with Crippen LogP contribution in [0.5, 0.6) is 0 Å². The third-order valence-corrected chi connectivity index (χ3v) is 4.35. The Balaban J connectivity index is 2.04.